The molecule has 1 heterocycles. The van der Waals surface area contributed by atoms with Crippen molar-refractivity contribution in [3.8, 4) is 10.8 Å². The van der Waals surface area contributed by atoms with Crippen LogP contribution < -0.4 is 4.74 Å². The van der Waals surface area contributed by atoms with Crippen LogP contribution in [0, 0.1) is 13.8 Å². The van der Waals surface area contributed by atoms with E-state index in [0.717, 1.165) is 38.5 Å². The van der Waals surface area contributed by atoms with Crippen molar-refractivity contribution in [1.82, 2.24) is 9.27 Å². The van der Waals surface area contributed by atoms with Gasteiger partial charge in [-0.1, -0.05) is 17.7 Å². The van der Waals surface area contributed by atoms with E-state index < -0.39 is 0 Å². The van der Waals surface area contributed by atoms with Gasteiger partial charge >= 0.3 is 0 Å². The lowest BCUT2D eigenvalue weighted by atomic mass is 10.1. The van der Waals surface area contributed by atoms with Crippen LogP contribution in [-0.4, -0.2) is 28.7 Å². The summed E-state index contributed by atoms with van der Waals surface area (Å²) in [4.78, 5) is 6.68. The Hall–Kier alpha value is -2.11. The molecule has 2 aromatic carbocycles. The highest BCUT2D eigenvalue weighted by Crippen LogP contribution is 2.39. The fraction of sp³-hybridized carbons (Fsp3) is 0.300. The summed E-state index contributed by atoms with van der Waals surface area (Å²) < 4.78 is 10.6. The summed E-state index contributed by atoms with van der Waals surface area (Å²) in [6.07, 6.45) is 1.87. The number of ether oxygens (including phenoxy) is 1. The van der Waals surface area contributed by atoms with E-state index >= 15 is 0 Å². The van der Waals surface area contributed by atoms with Crippen LogP contribution >= 0.6 is 23.1 Å². The lowest BCUT2D eigenvalue weighted by Crippen LogP contribution is -2.24. The Morgan fingerprint density at radius 3 is 2.73 bits per heavy atom. The first kappa shape index (κ1) is 18.7. The van der Waals surface area contributed by atoms with E-state index in [1.807, 2.05) is 57.6 Å². The molecule has 136 valence electrons. The number of hydrogen-bond donors (Lipinski definition) is 0. The second-order valence-electron chi connectivity index (χ2n) is 6.62. The maximum absolute atomic E-state index is 6.20. The Labute approximate surface area is 163 Å². The molecule has 0 N–H and O–H groups in total. The van der Waals surface area contributed by atoms with Gasteiger partial charge in [0.1, 0.15) is 11.3 Å². The van der Waals surface area contributed by atoms with Crippen LogP contribution in [0.15, 0.2) is 35.3 Å². The average Bonchev–Trinajstić information content (AvgIpc) is 3.00. The van der Waals surface area contributed by atoms with Gasteiger partial charge in [0.05, 0.1) is 22.4 Å². The summed E-state index contributed by atoms with van der Waals surface area (Å²) in [6.45, 7) is 8.32. The number of aliphatic imine (C=N–C) groups is 1. The lowest BCUT2D eigenvalue weighted by Gasteiger charge is -2.17. The molecule has 0 aliphatic heterocycles. The standard InChI is InChI=1S/C20H22ClN3OS/c1-12(2)24(5)11-22-17-9-14(4)18(10-13(17)3)25-20-15-7-6-8-16(21)19(15)23-26-20/h6-12H,1-5H3/b22-11-. The molecule has 0 bridgehead atoms. The summed E-state index contributed by atoms with van der Waals surface area (Å²) in [7, 11) is 2.02. The predicted octanol–water partition coefficient (Wildman–Crippen LogP) is 6.36. The first-order valence-corrected chi connectivity index (χ1v) is 9.61. The van der Waals surface area contributed by atoms with Crippen molar-refractivity contribution in [3.05, 3.63) is 46.5 Å². The van der Waals surface area contributed by atoms with Crippen LogP contribution in [-0.2, 0) is 0 Å². The third-order valence-corrected chi connectivity index (χ3v) is 5.36. The van der Waals surface area contributed by atoms with Crippen LogP contribution in [0.1, 0.15) is 25.0 Å². The SMILES string of the molecule is Cc1cc(Oc2snc3c(Cl)cccc23)c(C)cc1/N=C\N(C)C(C)C. The number of aromatic nitrogens is 1. The van der Waals surface area contributed by atoms with Gasteiger partial charge in [0.2, 0.25) is 5.06 Å². The van der Waals surface area contributed by atoms with Crippen molar-refractivity contribution >= 4 is 46.1 Å². The Kier molecular flexibility index (Phi) is 5.49. The number of hydrogen-bond acceptors (Lipinski definition) is 4. The van der Waals surface area contributed by atoms with Crippen molar-refractivity contribution in [2.45, 2.75) is 33.7 Å². The molecule has 0 fully saturated rings. The smallest absolute Gasteiger partial charge is 0.207 e. The van der Waals surface area contributed by atoms with Crippen molar-refractivity contribution in [2.75, 3.05) is 7.05 Å². The molecule has 6 heteroatoms. The molecule has 3 aromatic rings. The topological polar surface area (TPSA) is 37.7 Å². The van der Waals surface area contributed by atoms with Gasteiger partial charge in [0.15, 0.2) is 0 Å². The fourth-order valence-corrected chi connectivity index (χ4v) is 3.42. The molecule has 0 saturated heterocycles. The molecule has 0 atom stereocenters. The quantitative estimate of drug-likeness (QED) is 0.377. The van der Waals surface area contributed by atoms with E-state index in [9.17, 15) is 0 Å². The highest BCUT2D eigenvalue weighted by Gasteiger charge is 2.13. The van der Waals surface area contributed by atoms with Gasteiger partial charge in [-0.2, -0.15) is 4.37 Å². The molecule has 3 rings (SSSR count). The number of nitrogens with zero attached hydrogens (tertiary/aromatic N) is 3. The molecule has 0 spiro atoms. The molecule has 0 radical (unpaired) electrons. The maximum Gasteiger partial charge on any atom is 0.207 e. The Morgan fingerprint density at radius 1 is 1.23 bits per heavy atom. The van der Waals surface area contributed by atoms with E-state index in [4.69, 9.17) is 16.3 Å². The number of aryl methyl sites for hydroxylation is 2. The second-order valence-corrected chi connectivity index (χ2v) is 7.76. The monoisotopic (exact) mass is 387 g/mol. The van der Waals surface area contributed by atoms with E-state index in [-0.39, 0.29) is 0 Å². The summed E-state index contributed by atoms with van der Waals surface area (Å²) >= 11 is 7.52. The first-order valence-electron chi connectivity index (χ1n) is 8.46. The van der Waals surface area contributed by atoms with Crippen LogP contribution in [0.25, 0.3) is 10.9 Å². The van der Waals surface area contributed by atoms with Gasteiger partial charge in [0, 0.05) is 24.6 Å². The number of benzene rings is 2. The van der Waals surface area contributed by atoms with Crippen molar-refractivity contribution in [1.29, 1.82) is 0 Å². The molecule has 0 unspecified atom stereocenters. The van der Waals surface area contributed by atoms with Gasteiger partial charge < -0.3 is 9.64 Å². The largest absolute Gasteiger partial charge is 0.444 e. The van der Waals surface area contributed by atoms with E-state index in [1.165, 1.54) is 11.5 Å². The molecule has 26 heavy (non-hydrogen) atoms. The normalized spacial score (nSPS) is 11.7. The average molecular weight is 388 g/mol. The minimum absolute atomic E-state index is 0.411. The zero-order valence-corrected chi connectivity index (χ0v) is 17.1. The fourth-order valence-electron chi connectivity index (χ4n) is 2.39. The highest BCUT2D eigenvalue weighted by atomic mass is 35.5. The van der Waals surface area contributed by atoms with E-state index in [1.54, 1.807) is 0 Å². The van der Waals surface area contributed by atoms with Crippen molar-refractivity contribution in [3.63, 3.8) is 0 Å². The zero-order valence-electron chi connectivity index (χ0n) is 15.6. The number of fused-ring (bicyclic) bond motifs is 1. The second kappa shape index (κ2) is 7.64. The molecular weight excluding hydrogens is 366 g/mol. The molecular formula is C20H22ClN3OS. The van der Waals surface area contributed by atoms with Gasteiger partial charge in [-0.15, -0.1) is 0 Å². The molecule has 0 aliphatic rings. The van der Waals surface area contributed by atoms with E-state index in [2.05, 4.69) is 28.1 Å². The summed E-state index contributed by atoms with van der Waals surface area (Å²) in [5.74, 6) is 0.809. The number of halogens is 1. The summed E-state index contributed by atoms with van der Waals surface area (Å²) in [6, 6.07) is 10.2. The summed E-state index contributed by atoms with van der Waals surface area (Å²) in [5.41, 5.74) is 3.81. The van der Waals surface area contributed by atoms with Crippen LogP contribution in [0.3, 0.4) is 0 Å². The maximum atomic E-state index is 6.20. The summed E-state index contributed by atoms with van der Waals surface area (Å²) in [5, 5.41) is 2.32. The minimum atomic E-state index is 0.411. The first-order chi connectivity index (χ1) is 12.4. The molecule has 4 nitrogen and oxygen atoms in total. The zero-order chi connectivity index (χ0) is 18.8. The third kappa shape index (κ3) is 3.84. The number of rotatable bonds is 5. The Bertz CT molecular complexity index is 965. The van der Waals surface area contributed by atoms with Gasteiger partial charge in [-0.05, 0) is 63.1 Å². The van der Waals surface area contributed by atoms with Gasteiger partial charge in [0.25, 0.3) is 0 Å². The predicted molar refractivity (Wildman–Crippen MR) is 112 cm³/mol. The molecule has 0 saturated carbocycles. The Balaban J connectivity index is 1.89. The molecule has 0 aliphatic carbocycles. The van der Waals surface area contributed by atoms with Crippen LogP contribution in [0.4, 0.5) is 5.69 Å². The lowest BCUT2D eigenvalue weighted by molar-refractivity contribution is 0.429. The van der Waals surface area contributed by atoms with Crippen molar-refractivity contribution in [2.24, 2.45) is 4.99 Å². The Morgan fingerprint density at radius 2 is 2.00 bits per heavy atom. The molecule has 0 amide bonds. The van der Waals surface area contributed by atoms with E-state index in [0.29, 0.717) is 11.1 Å². The highest BCUT2D eigenvalue weighted by molar-refractivity contribution is 7.09. The van der Waals surface area contributed by atoms with Gasteiger partial charge in [-0.25, -0.2) is 4.99 Å². The molecule has 1 aromatic heterocycles. The minimum Gasteiger partial charge on any atom is -0.444 e. The van der Waals surface area contributed by atoms with Crippen molar-refractivity contribution < 1.29 is 4.74 Å². The van der Waals surface area contributed by atoms with Crippen LogP contribution in [0.2, 0.25) is 5.02 Å². The van der Waals surface area contributed by atoms with Crippen LogP contribution in [0.5, 0.6) is 10.8 Å². The third-order valence-electron chi connectivity index (χ3n) is 4.32. The van der Waals surface area contributed by atoms with Gasteiger partial charge in [-0.3, -0.25) is 0 Å².